The van der Waals surface area contributed by atoms with E-state index in [0.29, 0.717) is 6.08 Å². The summed E-state index contributed by atoms with van der Waals surface area (Å²) in [6, 6.07) is 0. The Bertz CT molecular complexity index is 246. The monoisotopic (exact) mass is 236 g/mol. The molecule has 0 amide bonds. The van der Waals surface area contributed by atoms with Gasteiger partial charge in [0.25, 0.3) is 6.17 Å². The van der Waals surface area contributed by atoms with Crippen molar-refractivity contribution in [1.29, 1.82) is 0 Å². The first kappa shape index (κ1) is 13.8. The van der Waals surface area contributed by atoms with E-state index in [1.807, 2.05) is 0 Å². The Morgan fingerprint density at radius 2 is 1.80 bits per heavy atom. The maximum absolute atomic E-state index is 12.4. The first-order valence-corrected chi connectivity index (χ1v) is 3.49. The largest absolute Gasteiger partial charge is 0.456 e. The molecule has 0 saturated heterocycles. The number of esters is 1. The van der Waals surface area contributed by atoms with Crippen molar-refractivity contribution in [1.82, 2.24) is 0 Å². The van der Waals surface area contributed by atoms with Crippen molar-refractivity contribution in [2.24, 2.45) is 0 Å². The van der Waals surface area contributed by atoms with Gasteiger partial charge in [-0.2, -0.15) is 22.0 Å². The summed E-state index contributed by atoms with van der Waals surface area (Å²) < 4.78 is 75.2. The Hall–Kier alpha value is -1.21. The lowest BCUT2D eigenvalue weighted by molar-refractivity contribution is -0.253. The molecule has 0 spiro atoms. The molecule has 88 valence electrons. The van der Waals surface area contributed by atoms with Crippen LogP contribution in [0.4, 0.5) is 26.3 Å². The molecular formula is C7H6F6O2. The normalized spacial score (nSPS) is 14.5. The predicted molar refractivity (Wildman–Crippen MR) is 37.1 cm³/mol. The zero-order valence-electron chi connectivity index (χ0n) is 7.15. The maximum Gasteiger partial charge on any atom is 0.425 e. The first-order chi connectivity index (χ1) is 6.61. The number of hydrogen-bond acceptors (Lipinski definition) is 2. The van der Waals surface area contributed by atoms with Gasteiger partial charge in [-0.15, -0.1) is 0 Å². The highest BCUT2D eigenvalue weighted by atomic mass is 19.4. The minimum Gasteiger partial charge on any atom is -0.456 e. The summed E-state index contributed by atoms with van der Waals surface area (Å²) in [7, 11) is 0. The summed E-state index contributed by atoms with van der Waals surface area (Å²) in [5.41, 5.74) is 0. The van der Waals surface area contributed by atoms with Crippen molar-refractivity contribution in [3.8, 4) is 0 Å². The van der Waals surface area contributed by atoms with Gasteiger partial charge in [0, 0.05) is 6.08 Å². The molecule has 0 rings (SSSR count). The molecular weight excluding hydrogens is 230 g/mol. The molecule has 1 atom stereocenters. The highest BCUT2D eigenvalue weighted by Gasteiger charge is 2.57. The fraction of sp³-hybridized carbons (Fsp3) is 0.571. The van der Waals surface area contributed by atoms with Crippen LogP contribution in [0.3, 0.4) is 0 Å². The van der Waals surface area contributed by atoms with Crippen LogP contribution in [0.25, 0.3) is 0 Å². The lowest BCUT2D eigenvalue weighted by atomic mass is 10.2. The van der Waals surface area contributed by atoms with E-state index in [1.165, 1.54) is 0 Å². The number of rotatable bonds is 4. The molecule has 0 saturated carbocycles. The summed E-state index contributed by atoms with van der Waals surface area (Å²) in [5, 5.41) is 0. The van der Waals surface area contributed by atoms with Crippen LogP contribution in [0, 0.1) is 0 Å². The van der Waals surface area contributed by atoms with Gasteiger partial charge >= 0.3 is 18.1 Å². The summed E-state index contributed by atoms with van der Waals surface area (Å²) in [6.45, 7) is 0.832. The van der Waals surface area contributed by atoms with E-state index < -0.39 is 30.8 Å². The summed E-state index contributed by atoms with van der Waals surface area (Å²) in [6.07, 6.45) is -9.61. The Kier molecular flexibility index (Phi) is 4.17. The van der Waals surface area contributed by atoms with Crippen LogP contribution in [-0.2, 0) is 9.53 Å². The van der Waals surface area contributed by atoms with Crippen LogP contribution in [0.2, 0.25) is 0 Å². The van der Waals surface area contributed by atoms with Gasteiger partial charge in [0.05, 0.1) is 0 Å². The number of halogens is 6. The summed E-state index contributed by atoms with van der Waals surface area (Å²) in [4.78, 5) is 10.3. The van der Waals surface area contributed by atoms with E-state index in [1.54, 1.807) is 0 Å². The molecule has 0 radical (unpaired) electrons. The van der Waals surface area contributed by atoms with E-state index in [-0.39, 0.29) is 0 Å². The van der Waals surface area contributed by atoms with Gasteiger partial charge in [-0.25, -0.2) is 9.18 Å². The number of ether oxygens (including phenoxy) is 1. The van der Waals surface area contributed by atoms with Gasteiger partial charge in [0.15, 0.2) is 6.61 Å². The Labute approximate surface area is 80.5 Å². The smallest absolute Gasteiger partial charge is 0.425 e. The van der Waals surface area contributed by atoms with E-state index in [2.05, 4.69) is 11.3 Å². The molecule has 0 N–H and O–H groups in total. The van der Waals surface area contributed by atoms with Crippen LogP contribution in [-0.4, -0.2) is 30.8 Å². The Morgan fingerprint density at radius 3 is 2.13 bits per heavy atom. The van der Waals surface area contributed by atoms with Gasteiger partial charge in [-0.3, -0.25) is 0 Å². The number of alkyl halides is 6. The second kappa shape index (κ2) is 4.54. The van der Waals surface area contributed by atoms with Gasteiger partial charge in [-0.05, 0) is 0 Å². The average molecular weight is 236 g/mol. The Balaban J connectivity index is 4.41. The van der Waals surface area contributed by atoms with Crippen LogP contribution < -0.4 is 0 Å². The van der Waals surface area contributed by atoms with Crippen LogP contribution in [0.15, 0.2) is 12.7 Å². The average Bonchev–Trinajstić information content (AvgIpc) is 2.11. The van der Waals surface area contributed by atoms with Gasteiger partial charge in [0.2, 0.25) is 0 Å². The van der Waals surface area contributed by atoms with Crippen molar-refractivity contribution >= 4 is 5.97 Å². The maximum atomic E-state index is 12.4. The molecule has 0 aliphatic carbocycles. The van der Waals surface area contributed by atoms with E-state index in [0.717, 1.165) is 0 Å². The molecule has 1 unspecified atom stereocenters. The third-order valence-corrected chi connectivity index (χ3v) is 1.23. The van der Waals surface area contributed by atoms with Crippen LogP contribution in [0.5, 0.6) is 0 Å². The number of carbonyl (C=O) groups excluding carboxylic acids is 1. The lowest BCUT2D eigenvalue weighted by Gasteiger charge is -2.21. The minimum atomic E-state index is -5.70. The second-order valence-electron chi connectivity index (χ2n) is 2.48. The van der Waals surface area contributed by atoms with Crippen molar-refractivity contribution < 1.29 is 35.9 Å². The van der Waals surface area contributed by atoms with Crippen LogP contribution >= 0.6 is 0 Å². The third kappa shape index (κ3) is 4.22. The molecule has 0 aliphatic heterocycles. The van der Waals surface area contributed by atoms with Crippen molar-refractivity contribution in [2.75, 3.05) is 6.61 Å². The van der Waals surface area contributed by atoms with Gasteiger partial charge in [0.1, 0.15) is 0 Å². The molecule has 0 aromatic heterocycles. The van der Waals surface area contributed by atoms with Crippen molar-refractivity contribution in [3.63, 3.8) is 0 Å². The first-order valence-electron chi connectivity index (χ1n) is 3.49. The lowest BCUT2D eigenvalue weighted by Crippen LogP contribution is -2.45. The highest BCUT2D eigenvalue weighted by molar-refractivity contribution is 5.81. The predicted octanol–water partition coefficient (Wildman–Crippen LogP) is 2.25. The third-order valence-electron chi connectivity index (χ3n) is 1.23. The summed E-state index contributed by atoms with van der Waals surface area (Å²) in [5.74, 6) is -6.17. The molecule has 0 fully saturated rings. The Morgan fingerprint density at radius 1 is 1.33 bits per heavy atom. The molecule has 0 heterocycles. The standard InChI is InChI=1S/C7H6F6O2/c1-2-4(14)15-3-6(9,10)5(8)7(11,12)13/h2,5H,1,3H2. The van der Waals surface area contributed by atoms with E-state index in [4.69, 9.17) is 0 Å². The molecule has 2 nitrogen and oxygen atoms in total. The molecule has 0 aliphatic rings. The number of carbonyl (C=O) groups is 1. The van der Waals surface area contributed by atoms with Crippen molar-refractivity contribution in [3.05, 3.63) is 12.7 Å². The highest BCUT2D eigenvalue weighted by Crippen LogP contribution is 2.34. The number of hydrogen-bond donors (Lipinski definition) is 0. The van der Waals surface area contributed by atoms with Crippen LogP contribution in [0.1, 0.15) is 0 Å². The zero-order valence-corrected chi connectivity index (χ0v) is 7.15. The molecule has 0 aromatic carbocycles. The van der Waals surface area contributed by atoms with Gasteiger partial charge < -0.3 is 4.74 Å². The second-order valence-corrected chi connectivity index (χ2v) is 2.48. The molecule has 8 heteroatoms. The fourth-order valence-electron chi connectivity index (χ4n) is 0.539. The molecule has 0 bridgehead atoms. The molecule has 0 aromatic rings. The van der Waals surface area contributed by atoms with Gasteiger partial charge in [-0.1, -0.05) is 6.58 Å². The van der Waals surface area contributed by atoms with Crippen molar-refractivity contribution in [2.45, 2.75) is 18.3 Å². The minimum absolute atomic E-state index is 0.469. The topological polar surface area (TPSA) is 26.3 Å². The SMILES string of the molecule is C=CC(=O)OCC(F)(F)C(F)C(F)(F)F. The summed E-state index contributed by atoms with van der Waals surface area (Å²) >= 11 is 0. The van der Waals surface area contributed by atoms with E-state index in [9.17, 15) is 31.1 Å². The zero-order chi connectivity index (χ0) is 12.3. The van der Waals surface area contributed by atoms with E-state index >= 15 is 0 Å². The quantitative estimate of drug-likeness (QED) is 0.425. The fourth-order valence-corrected chi connectivity index (χ4v) is 0.539. The molecule has 15 heavy (non-hydrogen) atoms.